The Kier molecular flexibility index (Phi) is 6.86. The lowest BCUT2D eigenvalue weighted by Crippen LogP contribution is -2.35. The van der Waals surface area contributed by atoms with Crippen LogP contribution in [0.1, 0.15) is 31.9 Å². The molecule has 1 aromatic carbocycles. The Morgan fingerprint density at radius 1 is 1.18 bits per heavy atom. The molecule has 0 radical (unpaired) electrons. The third kappa shape index (κ3) is 4.86. The molecule has 1 aromatic rings. The van der Waals surface area contributed by atoms with E-state index in [2.05, 4.69) is 6.92 Å². The summed E-state index contributed by atoms with van der Waals surface area (Å²) in [5.41, 5.74) is 7.24. The van der Waals surface area contributed by atoms with Gasteiger partial charge in [0.1, 0.15) is 0 Å². The summed E-state index contributed by atoms with van der Waals surface area (Å²) in [6.07, 6.45) is 0.926. The number of benzene rings is 1. The molecule has 0 aliphatic rings. The predicted molar refractivity (Wildman–Crippen MR) is 69.9 cm³/mol. The minimum absolute atomic E-state index is 0.0851. The van der Waals surface area contributed by atoms with Crippen molar-refractivity contribution in [2.24, 2.45) is 5.73 Å². The number of hydrogen-bond donors (Lipinski definition) is 1. The lowest BCUT2D eigenvalue weighted by atomic mass is 10.0. The van der Waals surface area contributed by atoms with E-state index < -0.39 is 0 Å². The first-order valence-corrected chi connectivity index (χ1v) is 6.29. The first kappa shape index (κ1) is 14.2. The Balaban J connectivity index is 2.58. The third-order valence-electron chi connectivity index (χ3n) is 2.52. The van der Waals surface area contributed by atoms with Crippen LogP contribution in [0.5, 0.6) is 0 Å². The molecule has 0 aromatic heterocycles. The van der Waals surface area contributed by atoms with Crippen molar-refractivity contribution >= 4 is 0 Å². The summed E-state index contributed by atoms with van der Waals surface area (Å²) >= 11 is 0. The molecule has 0 aliphatic heterocycles. The van der Waals surface area contributed by atoms with Gasteiger partial charge < -0.3 is 15.2 Å². The normalized spacial score (nSPS) is 14.5. The molecule has 17 heavy (non-hydrogen) atoms. The number of ether oxygens (including phenoxy) is 2. The largest absolute Gasteiger partial charge is 0.380 e. The van der Waals surface area contributed by atoms with E-state index in [1.165, 1.54) is 0 Å². The van der Waals surface area contributed by atoms with Crippen molar-refractivity contribution in [3.05, 3.63) is 35.9 Å². The molecule has 0 saturated heterocycles. The summed E-state index contributed by atoms with van der Waals surface area (Å²) in [5.74, 6) is 0. The molecular weight excluding hydrogens is 214 g/mol. The van der Waals surface area contributed by atoms with Gasteiger partial charge in [0, 0.05) is 13.2 Å². The zero-order valence-electron chi connectivity index (χ0n) is 10.8. The van der Waals surface area contributed by atoms with Crippen molar-refractivity contribution in [1.29, 1.82) is 0 Å². The highest BCUT2D eigenvalue weighted by Gasteiger charge is 2.19. The van der Waals surface area contributed by atoms with E-state index in [-0.39, 0.29) is 12.1 Å². The number of hydrogen-bond acceptors (Lipinski definition) is 3. The van der Waals surface area contributed by atoms with Gasteiger partial charge in [-0.25, -0.2) is 0 Å². The molecule has 2 N–H and O–H groups in total. The molecule has 0 amide bonds. The van der Waals surface area contributed by atoms with Gasteiger partial charge in [0.25, 0.3) is 0 Å². The van der Waals surface area contributed by atoms with Gasteiger partial charge >= 0.3 is 0 Å². The van der Waals surface area contributed by atoms with Gasteiger partial charge in [-0.3, -0.25) is 0 Å². The monoisotopic (exact) mass is 237 g/mol. The maximum atomic E-state index is 6.13. The lowest BCUT2D eigenvalue weighted by molar-refractivity contribution is 0.0106. The molecule has 2 atom stereocenters. The van der Waals surface area contributed by atoms with Crippen molar-refractivity contribution in [1.82, 2.24) is 0 Å². The van der Waals surface area contributed by atoms with E-state index >= 15 is 0 Å². The van der Waals surface area contributed by atoms with E-state index in [1.807, 2.05) is 37.3 Å². The van der Waals surface area contributed by atoms with Crippen molar-refractivity contribution in [2.45, 2.75) is 32.4 Å². The molecule has 0 aliphatic carbocycles. The Morgan fingerprint density at radius 2 is 1.88 bits per heavy atom. The number of nitrogens with two attached hydrogens (primary N) is 1. The van der Waals surface area contributed by atoms with Gasteiger partial charge in [-0.2, -0.15) is 0 Å². The molecule has 0 spiro atoms. The van der Waals surface area contributed by atoms with E-state index in [1.54, 1.807) is 0 Å². The highest BCUT2D eigenvalue weighted by atomic mass is 16.5. The molecule has 2 unspecified atom stereocenters. The standard InChI is InChI=1S/C14H23NO2/c1-3-10-16-11-13(15)14(17-4-2)12-8-6-5-7-9-12/h5-9,13-14H,3-4,10-11,15H2,1-2H3. The quantitative estimate of drug-likeness (QED) is 0.707. The minimum Gasteiger partial charge on any atom is -0.380 e. The van der Waals surface area contributed by atoms with Crippen LogP contribution < -0.4 is 5.73 Å². The van der Waals surface area contributed by atoms with Crippen LogP contribution in [0, 0.1) is 0 Å². The van der Waals surface area contributed by atoms with Crippen LogP contribution in [-0.4, -0.2) is 25.9 Å². The summed E-state index contributed by atoms with van der Waals surface area (Å²) in [5, 5.41) is 0. The van der Waals surface area contributed by atoms with E-state index in [0.717, 1.165) is 18.6 Å². The van der Waals surface area contributed by atoms with Crippen LogP contribution in [0.2, 0.25) is 0 Å². The molecule has 3 heteroatoms. The van der Waals surface area contributed by atoms with Crippen molar-refractivity contribution < 1.29 is 9.47 Å². The van der Waals surface area contributed by atoms with Gasteiger partial charge in [-0.05, 0) is 18.9 Å². The first-order valence-electron chi connectivity index (χ1n) is 6.29. The third-order valence-corrected chi connectivity index (χ3v) is 2.52. The fraction of sp³-hybridized carbons (Fsp3) is 0.571. The second kappa shape index (κ2) is 8.23. The SMILES string of the molecule is CCCOCC(N)C(OCC)c1ccccc1. The van der Waals surface area contributed by atoms with Crippen LogP contribution in [0.25, 0.3) is 0 Å². The van der Waals surface area contributed by atoms with Gasteiger partial charge in [0.2, 0.25) is 0 Å². The average Bonchev–Trinajstić information content (AvgIpc) is 2.37. The molecule has 0 bridgehead atoms. The van der Waals surface area contributed by atoms with Crippen LogP contribution in [0.4, 0.5) is 0 Å². The van der Waals surface area contributed by atoms with Crippen LogP contribution >= 0.6 is 0 Å². The Bertz CT molecular complexity index is 290. The van der Waals surface area contributed by atoms with Crippen molar-refractivity contribution in [3.63, 3.8) is 0 Å². The molecule has 3 nitrogen and oxygen atoms in total. The van der Waals surface area contributed by atoms with Gasteiger partial charge in [-0.1, -0.05) is 37.3 Å². The van der Waals surface area contributed by atoms with Gasteiger partial charge in [0.05, 0.1) is 18.8 Å². The summed E-state index contributed by atoms with van der Waals surface area (Å²) in [7, 11) is 0. The molecule has 96 valence electrons. The topological polar surface area (TPSA) is 44.5 Å². The summed E-state index contributed by atoms with van der Waals surface area (Å²) in [4.78, 5) is 0. The fourth-order valence-electron chi connectivity index (χ4n) is 1.74. The Hall–Kier alpha value is -0.900. The average molecular weight is 237 g/mol. The molecule has 1 rings (SSSR count). The first-order chi connectivity index (χ1) is 8.29. The maximum Gasteiger partial charge on any atom is 0.0998 e. The maximum absolute atomic E-state index is 6.13. The van der Waals surface area contributed by atoms with Gasteiger partial charge in [0.15, 0.2) is 0 Å². The van der Waals surface area contributed by atoms with E-state index in [4.69, 9.17) is 15.2 Å². The Morgan fingerprint density at radius 3 is 2.47 bits per heavy atom. The molecule has 0 fully saturated rings. The zero-order valence-corrected chi connectivity index (χ0v) is 10.8. The summed E-state index contributed by atoms with van der Waals surface area (Å²) in [6, 6.07) is 9.96. The highest BCUT2D eigenvalue weighted by molar-refractivity contribution is 5.19. The van der Waals surface area contributed by atoms with Gasteiger partial charge in [-0.15, -0.1) is 0 Å². The fourth-order valence-corrected chi connectivity index (χ4v) is 1.74. The van der Waals surface area contributed by atoms with Crippen LogP contribution in [0.3, 0.4) is 0 Å². The van der Waals surface area contributed by atoms with Crippen LogP contribution in [-0.2, 0) is 9.47 Å². The van der Waals surface area contributed by atoms with Crippen molar-refractivity contribution in [3.8, 4) is 0 Å². The number of rotatable bonds is 8. The summed E-state index contributed by atoms with van der Waals surface area (Å²) < 4.78 is 11.2. The second-order valence-electron chi connectivity index (χ2n) is 4.03. The van der Waals surface area contributed by atoms with E-state index in [9.17, 15) is 0 Å². The lowest BCUT2D eigenvalue weighted by Gasteiger charge is -2.24. The summed E-state index contributed by atoms with van der Waals surface area (Å²) in [6.45, 7) is 6.01. The highest BCUT2D eigenvalue weighted by Crippen LogP contribution is 2.20. The Labute approximate surface area is 104 Å². The van der Waals surface area contributed by atoms with Crippen molar-refractivity contribution in [2.75, 3.05) is 19.8 Å². The minimum atomic E-state index is -0.121. The molecular formula is C14H23NO2. The predicted octanol–water partition coefficient (Wildman–Crippen LogP) is 2.52. The smallest absolute Gasteiger partial charge is 0.0998 e. The second-order valence-corrected chi connectivity index (χ2v) is 4.03. The molecule has 0 saturated carbocycles. The zero-order chi connectivity index (χ0) is 12.5. The van der Waals surface area contributed by atoms with Crippen LogP contribution in [0.15, 0.2) is 30.3 Å². The molecule has 0 heterocycles. The van der Waals surface area contributed by atoms with E-state index in [0.29, 0.717) is 13.2 Å².